The van der Waals surface area contributed by atoms with Crippen LogP contribution in [0, 0.1) is 5.92 Å². The lowest BCUT2D eigenvalue weighted by Crippen LogP contribution is -2.30. The van der Waals surface area contributed by atoms with Gasteiger partial charge in [-0.3, -0.25) is 4.99 Å². The fourth-order valence-corrected chi connectivity index (χ4v) is 2.19. The van der Waals surface area contributed by atoms with E-state index in [0.29, 0.717) is 12.6 Å². The molecule has 0 fully saturated rings. The summed E-state index contributed by atoms with van der Waals surface area (Å²) in [4.78, 5) is 6.86. The molecule has 0 spiro atoms. The Labute approximate surface area is 122 Å². The first kappa shape index (κ1) is 15.0. The maximum absolute atomic E-state index is 5.89. The third-order valence-corrected chi connectivity index (χ3v) is 4.01. The van der Waals surface area contributed by atoms with Crippen molar-refractivity contribution in [3.8, 4) is 5.75 Å². The molecule has 0 radical (unpaired) electrons. The highest BCUT2D eigenvalue weighted by Crippen LogP contribution is 2.21. The first-order valence-corrected chi connectivity index (χ1v) is 7.49. The zero-order chi connectivity index (χ0) is 14.5. The summed E-state index contributed by atoms with van der Waals surface area (Å²) in [5.41, 5.74) is 2.45. The summed E-state index contributed by atoms with van der Waals surface area (Å²) in [6.45, 7) is 6.09. The molecule has 0 amide bonds. The second-order valence-corrected chi connectivity index (χ2v) is 6.08. The van der Waals surface area contributed by atoms with Crippen LogP contribution in [0.15, 0.2) is 29.3 Å². The minimum absolute atomic E-state index is 0.409. The molecule has 3 nitrogen and oxygen atoms in total. The third kappa shape index (κ3) is 4.07. The summed E-state index contributed by atoms with van der Waals surface area (Å²) in [6, 6.07) is 8.75. The van der Waals surface area contributed by atoms with Gasteiger partial charge in [-0.2, -0.15) is 0 Å². The molecule has 2 rings (SSSR count). The molecule has 3 heteroatoms. The van der Waals surface area contributed by atoms with Crippen LogP contribution in [-0.2, 0) is 0 Å². The van der Waals surface area contributed by atoms with Gasteiger partial charge in [0.05, 0.1) is 0 Å². The van der Waals surface area contributed by atoms with Gasteiger partial charge >= 0.3 is 0 Å². The van der Waals surface area contributed by atoms with Crippen molar-refractivity contribution in [3.05, 3.63) is 29.8 Å². The van der Waals surface area contributed by atoms with Crippen molar-refractivity contribution >= 4 is 5.71 Å². The Kier molecular flexibility index (Phi) is 5.18. The molecule has 20 heavy (non-hydrogen) atoms. The fraction of sp³-hybridized carbons (Fsp3) is 0.588. The predicted octanol–water partition coefficient (Wildman–Crippen LogP) is 3.23. The van der Waals surface area contributed by atoms with E-state index in [1.807, 2.05) is 6.07 Å². The lowest BCUT2D eigenvalue weighted by molar-refractivity contribution is 0.198. The molecule has 0 aromatic heterocycles. The number of ether oxygens (including phenoxy) is 1. The Bertz CT molecular complexity index is 468. The second-order valence-electron chi connectivity index (χ2n) is 6.08. The molecular formula is C17H26N2O. The van der Waals surface area contributed by atoms with Crippen LogP contribution in [0.25, 0.3) is 0 Å². The smallest absolute Gasteiger partial charge is 0.120 e. The Balaban J connectivity index is 2.01. The van der Waals surface area contributed by atoms with Crippen LogP contribution in [0.1, 0.15) is 32.3 Å². The largest absolute Gasteiger partial charge is 0.492 e. The number of likely N-dealkylation sites (N-methyl/N-ethyl adjacent to an activating group) is 1. The maximum Gasteiger partial charge on any atom is 0.120 e. The average Bonchev–Trinajstić information content (AvgIpc) is 2.45. The van der Waals surface area contributed by atoms with E-state index >= 15 is 0 Å². The van der Waals surface area contributed by atoms with Gasteiger partial charge < -0.3 is 9.64 Å². The molecule has 2 atom stereocenters. The first-order valence-electron chi connectivity index (χ1n) is 7.49. The fourth-order valence-electron chi connectivity index (χ4n) is 2.19. The van der Waals surface area contributed by atoms with Crippen molar-refractivity contribution in [2.75, 3.05) is 27.2 Å². The van der Waals surface area contributed by atoms with E-state index in [9.17, 15) is 0 Å². The summed E-state index contributed by atoms with van der Waals surface area (Å²) < 4.78 is 5.89. The highest BCUT2D eigenvalue weighted by atomic mass is 16.5. The molecule has 0 unspecified atom stereocenters. The molecule has 0 saturated heterocycles. The quantitative estimate of drug-likeness (QED) is 0.823. The Hall–Kier alpha value is -1.35. The number of aliphatic imine (C=N–C) groups is 1. The van der Waals surface area contributed by atoms with Crippen molar-refractivity contribution in [3.63, 3.8) is 0 Å². The molecule has 0 aliphatic carbocycles. The summed E-state index contributed by atoms with van der Waals surface area (Å²) in [5, 5.41) is 0. The molecule has 1 aliphatic heterocycles. The molecular weight excluding hydrogens is 248 g/mol. The minimum Gasteiger partial charge on any atom is -0.492 e. The van der Waals surface area contributed by atoms with E-state index < -0.39 is 0 Å². The third-order valence-electron chi connectivity index (χ3n) is 4.01. The van der Waals surface area contributed by atoms with E-state index in [2.05, 4.69) is 51.0 Å². The lowest BCUT2D eigenvalue weighted by Gasteiger charge is -2.21. The number of nitrogens with zero attached hydrogens (tertiary/aromatic N) is 2. The highest BCUT2D eigenvalue weighted by molar-refractivity contribution is 6.01. The van der Waals surface area contributed by atoms with Gasteiger partial charge in [-0.15, -0.1) is 0 Å². The second kappa shape index (κ2) is 6.89. The van der Waals surface area contributed by atoms with Crippen molar-refractivity contribution in [2.45, 2.75) is 32.7 Å². The van der Waals surface area contributed by atoms with Crippen molar-refractivity contribution in [2.24, 2.45) is 10.9 Å². The van der Waals surface area contributed by atoms with Crippen LogP contribution in [-0.4, -0.2) is 43.9 Å². The molecule has 110 valence electrons. The molecule has 1 aromatic rings. The minimum atomic E-state index is 0.409. The molecule has 1 aliphatic rings. The van der Waals surface area contributed by atoms with Gasteiger partial charge in [-0.05, 0) is 57.5 Å². The highest BCUT2D eigenvalue weighted by Gasteiger charge is 2.13. The summed E-state index contributed by atoms with van der Waals surface area (Å²) >= 11 is 0. The zero-order valence-electron chi connectivity index (χ0n) is 13.1. The maximum atomic E-state index is 5.89. The number of hydrogen-bond donors (Lipinski definition) is 0. The normalized spacial score (nSPS) is 20.6. The summed E-state index contributed by atoms with van der Waals surface area (Å²) in [5.74, 6) is 1.66. The number of rotatable bonds is 5. The van der Waals surface area contributed by atoms with Crippen LogP contribution >= 0.6 is 0 Å². The Morgan fingerprint density at radius 2 is 2.20 bits per heavy atom. The standard InChI is InChI=1S/C17H26N2O/c1-13-8-9-17(18-11-13)15-6-5-7-16(10-15)20-12-14(2)19(3)4/h5-7,10,13-14H,8-9,11-12H2,1-4H3/t13-,14+/m0/s1. The van der Waals surface area contributed by atoms with Crippen LogP contribution in [0.2, 0.25) is 0 Å². The Morgan fingerprint density at radius 3 is 2.85 bits per heavy atom. The topological polar surface area (TPSA) is 24.8 Å². The van der Waals surface area contributed by atoms with Gasteiger partial charge in [0.2, 0.25) is 0 Å². The Morgan fingerprint density at radius 1 is 1.40 bits per heavy atom. The van der Waals surface area contributed by atoms with Crippen molar-refractivity contribution in [1.29, 1.82) is 0 Å². The van der Waals surface area contributed by atoms with Crippen LogP contribution in [0.5, 0.6) is 5.75 Å². The van der Waals surface area contributed by atoms with E-state index in [0.717, 1.165) is 24.6 Å². The average molecular weight is 274 g/mol. The van der Waals surface area contributed by atoms with Crippen LogP contribution in [0.4, 0.5) is 0 Å². The van der Waals surface area contributed by atoms with E-state index in [1.54, 1.807) is 0 Å². The van der Waals surface area contributed by atoms with Gasteiger partial charge in [0.1, 0.15) is 12.4 Å². The van der Waals surface area contributed by atoms with Crippen molar-refractivity contribution < 1.29 is 4.74 Å². The number of benzene rings is 1. The van der Waals surface area contributed by atoms with Gasteiger partial charge in [-0.1, -0.05) is 19.1 Å². The zero-order valence-corrected chi connectivity index (χ0v) is 13.1. The lowest BCUT2D eigenvalue weighted by atomic mass is 9.96. The van der Waals surface area contributed by atoms with Crippen LogP contribution < -0.4 is 4.74 Å². The summed E-state index contributed by atoms with van der Waals surface area (Å²) in [6.07, 6.45) is 2.32. The summed E-state index contributed by atoms with van der Waals surface area (Å²) in [7, 11) is 4.14. The van der Waals surface area contributed by atoms with E-state index in [-0.39, 0.29) is 0 Å². The SMILES string of the molecule is C[C@H]1CCC(c2cccc(OC[C@@H](C)N(C)C)c2)=NC1. The molecule has 1 heterocycles. The van der Waals surface area contributed by atoms with E-state index in [1.165, 1.54) is 17.7 Å². The van der Waals surface area contributed by atoms with Crippen LogP contribution in [0.3, 0.4) is 0 Å². The number of hydrogen-bond acceptors (Lipinski definition) is 3. The van der Waals surface area contributed by atoms with Gasteiger partial charge in [0, 0.05) is 18.3 Å². The van der Waals surface area contributed by atoms with Gasteiger partial charge in [-0.25, -0.2) is 0 Å². The predicted molar refractivity (Wildman–Crippen MR) is 84.9 cm³/mol. The van der Waals surface area contributed by atoms with Gasteiger partial charge in [0.15, 0.2) is 0 Å². The molecule has 0 N–H and O–H groups in total. The monoisotopic (exact) mass is 274 g/mol. The molecule has 0 saturated carbocycles. The van der Waals surface area contributed by atoms with E-state index in [4.69, 9.17) is 9.73 Å². The molecule has 0 bridgehead atoms. The van der Waals surface area contributed by atoms with Crippen molar-refractivity contribution in [1.82, 2.24) is 4.90 Å². The van der Waals surface area contributed by atoms with Gasteiger partial charge in [0.25, 0.3) is 0 Å². The first-order chi connectivity index (χ1) is 9.56. The molecule has 1 aromatic carbocycles.